The van der Waals surface area contributed by atoms with Crippen LogP contribution in [0.3, 0.4) is 0 Å². The molecule has 0 saturated carbocycles. The van der Waals surface area contributed by atoms with Gasteiger partial charge in [-0.15, -0.1) is 11.3 Å². The van der Waals surface area contributed by atoms with Gasteiger partial charge < -0.3 is 4.57 Å². The average molecular weight is 598 g/mol. The van der Waals surface area contributed by atoms with E-state index in [1.54, 1.807) is 0 Å². The quantitative estimate of drug-likeness (QED) is 0.178. The Morgan fingerprint density at radius 1 is 0.467 bits per heavy atom. The van der Waals surface area contributed by atoms with Crippen molar-refractivity contribution < 1.29 is 0 Å². The second-order valence-corrected chi connectivity index (χ2v) is 14.0. The van der Waals surface area contributed by atoms with Crippen LogP contribution in [0.5, 0.6) is 0 Å². The molecule has 8 aromatic rings. The van der Waals surface area contributed by atoms with Crippen LogP contribution < -0.4 is 16.4 Å². The maximum Gasteiger partial charge on any atom is 0.242 e. The van der Waals surface area contributed by atoms with Gasteiger partial charge in [0, 0.05) is 36.6 Å². The SMILES string of the molecule is Cc1cc(C)c(B(c2ccc(-n3c4ccccc4c4cc5c(cc43)sc3ccccc35)cc2)c2c(C)cc(C)cc2C)c(C)c1. The largest absolute Gasteiger partial charge is 0.309 e. The summed E-state index contributed by atoms with van der Waals surface area (Å²) in [6, 6.07) is 41.2. The van der Waals surface area contributed by atoms with Gasteiger partial charge in [0.2, 0.25) is 6.71 Å². The molecule has 8 rings (SSSR count). The third-order valence-electron chi connectivity index (χ3n) is 9.71. The van der Waals surface area contributed by atoms with E-state index >= 15 is 0 Å². The summed E-state index contributed by atoms with van der Waals surface area (Å²) >= 11 is 1.89. The molecule has 45 heavy (non-hydrogen) atoms. The molecule has 0 aliphatic heterocycles. The lowest BCUT2D eigenvalue weighted by molar-refractivity contribution is 1.18. The first-order valence-electron chi connectivity index (χ1n) is 15.9. The van der Waals surface area contributed by atoms with Gasteiger partial charge in [-0.2, -0.15) is 0 Å². The molecule has 218 valence electrons. The van der Waals surface area contributed by atoms with Crippen LogP contribution >= 0.6 is 11.3 Å². The number of thiophene rings is 1. The van der Waals surface area contributed by atoms with Crippen molar-refractivity contribution in [3.05, 3.63) is 143 Å². The van der Waals surface area contributed by atoms with E-state index in [2.05, 4.69) is 155 Å². The molecule has 0 radical (unpaired) electrons. The van der Waals surface area contributed by atoms with E-state index in [1.807, 2.05) is 11.3 Å². The van der Waals surface area contributed by atoms with E-state index in [9.17, 15) is 0 Å². The standard InChI is InChI=1S/C42H36BNS/c1-25-19-27(3)41(28(4)20-25)43(42-29(5)21-26(2)22-30(42)6)31-15-17-32(18-16-31)44-37-13-9-7-11-33(37)35-23-36-34-12-8-10-14-39(34)45-40(36)24-38(35)44/h7-24H,1-6H3. The molecule has 0 unspecified atom stereocenters. The van der Waals surface area contributed by atoms with E-state index in [0.717, 1.165) is 0 Å². The Morgan fingerprint density at radius 3 is 1.64 bits per heavy atom. The molecule has 0 aliphatic carbocycles. The van der Waals surface area contributed by atoms with Gasteiger partial charge in [0.25, 0.3) is 0 Å². The van der Waals surface area contributed by atoms with E-state index in [0.29, 0.717) is 0 Å². The zero-order chi connectivity index (χ0) is 31.0. The lowest BCUT2D eigenvalue weighted by atomic mass is 9.34. The Morgan fingerprint density at radius 2 is 1.02 bits per heavy atom. The van der Waals surface area contributed by atoms with Gasteiger partial charge in [0.15, 0.2) is 0 Å². The predicted octanol–water partition coefficient (Wildman–Crippen LogP) is 9.52. The van der Waals surface area contributed by atoms with Crippen LogP contribution in [0.1, 0.15) is 33.4 Å². The monoisotopic (exact) mass is 597 g/mol. The fourth-order valence-corrected chi connectivity index (χ4v) is 9.17. The first kappa shape index (κ1) is 27.9. The van der Waals surface area contributed by atoms with Crippen molar-refractivity contribution in [1.82, 2.24) is 4.57 Å². The highest BCUT2D eigenvalue weighted by Crippen LogP contribution is 2.40. The number of hydrogen-bond donors (Lipinski definition) is 0. The fraction of sp³-hybridized carbons (Fsp3) is 0.143. The normalized spacial score (nSPS) is 11.8. The average Bonchev–Trinajstić information content (AvgIpc) is 3.53. The molecule has 0 atom stereocenters. The van der Waals surface area contributed by atoms with Crippen molar-refractivity contribution in [3.63, 3.8) is 0 Å². The molecule has 0 bridgehead atoms. The number of aryl methyl sites for hydroxylation is 6. The van der Waals surface area contributed by atoms with Gasteiger partial charge in [0.1, 0.15) is 0 Å². The Kier molecular flexibility index (Phi) is 6.51. The summed E-state index contributed by atoms with van der Waals surface area (Å²) in [7, 11) is 0. The minimum absolute atomic E-state index is 0.163. The predicted molar refractivity (Wildman–Crippen MR) is 200 cm³/mol. The number of nitrogens with zero attached hydrogens (tertiary/aromatic N) is 1. The van der Waals surface area contributed by atoms with Gasteiger partial charge >= 0.3 is 0 Å². The van der Waals surface area contributed by atoms with Crippen molar-refractivity contribution in [2.45, 2.75) is 41.5 Å². The summed E-state index contributed by atoms with van der Waals surface area (Å²) in [5.74, 6) is 0. The number of benzene rings is 6. The molecule has 0 saturated heterocycles. The number of aromatic nitrogens is 1. The first-order valence-corrected chi connectivity index (χ1v) is 16.7. The topological polar surface area (TPSA) is 4.93 Å². The summed E-state index contributed by atoms with van der Waals surface area (Å²) < 4.78 is 5.13. The van der Waals surface area contributed by atoms with Crippen molar-refractivity contribution in [1.29, 1.82) is 0 Å². The highest BCUT2D eigenvalue weighted by molar-refractivity contribution is 7.25. The molecule has 0 N–H and O–H groups in total. The Hall–Kier alpha value is -4.60. The van der Waals surface area contributed by atoms with Crippen LogP contribution in [0.2, 0.25) is 0 Å². The summed E-state index contributed by atoms with van der Waals surface area (Å²) in [6.07, 6.45) is 0. The minimum atomic E-state index is 0.163. The molecule has 2 heterocycles. The molecule has 3 heteroatoms. The Balaban J connectivity index is 1.34. The fourth-order valence-electron chi connectivity index (χ4n) is 8.05. The van der Waals surface area contributed by atoms with E-state index in [1.165, 1.54) is 97.4 Å². The van der Waals surface area contributed by atoms with Crippen LogP contribution in [0.25, 0.3) is 47.7 Å². The molecule has 0 fully saturated rings. The molecule has 1 nitrogen and oxygen atoms in total. The van der Waals surface area contributed by atoms with Crippen LogP contribution in [0, 0.1) is 41.5 Å². The first-order chi connectivity index (χ1) is 21.8. The molecule has 0 amide bonds. The third-order valence-corrected chi connectivity index (χ3v) is 10.8. The second-order valence-electron chi connectivity index (χ2n) is 13.0. The Labute approximate surface area is 269 Å². The van der Waals surface area contributed by atoms with E-state index < -0.39 is 0 Å². The number of hydrogen-bond acceptors (Lipinski definition) is 1. The smallest absolute Gasteiger partial charge is 0.242 e. The minimum Gasteiger partial charge on any atom is -0.309 e. The summed E-state index contributed by atoms with van der Waals surface area (Å²) in [6.45, 7) is 13.7. The van der Waals surface area contributed by atoms with Gasteiger partial charge in [-0.05, 0) is 77.9 Å². The van der Waals surface area contributed by atoms with Crippen LogP contribution in [0.15, 0.2) is 109 Å². The second kappa shape index (κ2) is 10.5. The number of para-hydroxylation sites is 1. The molecule has 6 aromatic carbocycles. The lowest BCUT2D eigenvalue weighted by Gasteiger charge is -2.25. The van der Waals surface area contributed by atoms with E-state index in [-0.39, 0.29) is 6.71 Å². The third kappa shape index (κ3) is 4.44. The highest BCUT2D eigenvalue weighted by Gasteiger charge is 2.28. The Bertz CT molecular complexity index is 2340. The van der Waals surface area contributed by atoms with Crippen LogP contribution in [-0.2, 0) is 0 Å². The van der Waals surface area contributed by atoms with Gasteiger partial charge in [-0.25, -0.2) is 0 Å². The maximum atomic E-state index is 2.46. The van der Waals surface area contributed by atoms with Crippen molar-refractivity contribution in [3.8, 4) is 5.69 Å². The molecule has 0 spiro atoms. The van der Waals surface area contributed by atoms with E-state index in [4.69, 9.17) is 0 Å². The molecular formula is C42H36BNS. The van der Waals surface area contributed by atoms with Gasteiger partial charge in [-0.1, -0.05) is 123 Å². The summed E-state index contributed by atoms with van der Waals surface area (Å²) in [4.78, 5) is 0. The summed E-state index contributed by atoms with van der Waals surface area (Å²) in [5.41, 5.74) is 15.9. The van der Waals surface area contributed by atoms with Crippen LogP contribution in [0.4, 0.5) is 0 Å². The number of rotatable bonds is 4. The molecule has 2 aromatic heterocycles. The lowest BCUT2D eigenvalue weighted by Crippen LogP contribution is -2.55. The number of fused-ring (bicyclic) bond motifs is 6. The summed E-state index contributed by atoms with van der Waals surface area (Å²) in [5, 5.41) is 5.29. The zero-order valence-electron chi connectivity index (χ0n) is 26.8. The van der Waals surface area contributed by atoms with Crippen molar-refractivity contribution in [2.75, 3.05) is 0 Å². The zero-order valence-corrected chi connectivity index (χ0v) is 27.6. The molecular weight excluding hydrogens is 561 g/mol. The van der Waals surface area contributed by atoms with Crippen LogP contribution in [-0.4, -0.2) is 11.3 Å². The van der Waals surface area contributed by atoms with Gasteiger partial charge in [0.05, 0.1) is 11.0 Å². The van der Waals surface area contributed by atoms with Crippen molar-refractivity contribution in [2.24, 2.45) is 0 Å². The maximum absolute atomic E-state index is 2.46. The molecule has 0 aliphatic rings. The van der Waals surface area contributed by atoms with Crippen molar-refractivity contribution >= 4 is 76.4 Å². The highest BCUT2D eigenvalue weighted by atomic mass is 32.1. The van der Waals surface area contributed by atoms with Gasteiger partial charge in [-0.3, -0.25) is 0 Å².